The number of nitrogens with one attached hydrogen (secondary N) is 2. The van der Waals surface area contributed by atoms with Crippen molar-refractivity contribution in [1.29, 1.82) is 0 Å². The van der Waals surface area contributed by atoms with Gasteiger partial charge in [-0.25, -0.2) is 0 Å². The summed E-state index contributed by atoms with van der Waals surface area (Å²) in [6.07, 6.45) is 1.96. The molecule has 1 amide bonds. The van der Waals surface area contributed by atoms with Crippen LogP contribution in [0.25, 0.3) is 22.2 Å². The number of hydrogen-bond donors (Lipinski definition) is 2. The van der Waals surface area contributed by atoms with E-state index in [0.717, 1.165) is 10.4 Å². The number of para-hydroxylation sites is 1. The topological polar surface area (TPSA) is 110 Å². The van der Waals surface area contributed by atoms with Crippen molar-refractivity contribution in [2.75, 3.05) is 5.32 Å². The molecule has 8 nitrogen and oxygen atoms in total. The molecule has 0 atom stereocenters. The number of anilines is 1. The lowest BCUT2D eigenvalue weighted by Crippen LogP contribution is -2.14. The second-order valence-electron chi connectivity index (χ2n) is 6.42. The van der Waals surface area contributed by atoms with E-state index in [2.05, 4.69) is 25.7 Å². The highest BCUT2D eigenvalue weighted by Gasteiger charge is 2.16. The number of benzene rings is 1. The molecule has 1 aromatic carbocycles. The summed E-state index contributed by atoms with van der Waals surface area (Å²) < 4.78 is 10.7. The monoisotopic (exact) mass is 417 g/mol. The fourth-order valence-corrected chi connectivity index (χ4v) is 3.62. The first-order valence-corrected chi connectivity index (χ1v) is 9.99. The van der Waals surface area contributed by atoms with E-state index in [1.54, 1.807) is 35.8 Å². The van der Waals surface area contributed by atoms with Gasteiger partial charge in [0, 0.05) is 11.8 Å². The SMILES string of the molecule is O=C(Nc1ccccc1Cc1nc(-c2cccs2)no1)c1cc(-c2ccco2)[nH]n1. The van der Waals surface area contributed by atoms with E-state index < -0.39 is 0 Å². The molecule has 2 N–H and O–H groups in total. The van der Waals surface area contributed by atoms with Gasteiger partial charge in [-0.05, 0) is 35.2 Å². The molecule has 5 aromatic rings. The Labute approximate surface area is 174 Å². The first-order valence-electron chi connectivity index (χ1n) is 9.11. The van der Waals surface area contributed by atoms with Crippen LogP contribution in [0.1, 0.15) is 21.9 Å². The molecule has 5 rings (SSSR count). The summed E-state index contributed by atoms with van der Waals surface area (Å²) in [5.41, 5.74) is 2.40. The summed E-state index contributed by atoms with van der Waals surface area (Å²) in [4.78, 5) is 18.1. The molecule has 0 bridgehead atoms. The van der Waals surface area contributed by atoms with E-state index in [0.29, 0.717) is 35.3 Å². The van der Waals surface area contributed by atoms with Crippen molar-refractivity contribution in [1.82, 2.24) is 20.3 Å². The van der Waals surface area contributed by atoms with Gasteiger partial charge in [0.1, 0.15) is 5.69 Å². The zero-order valence-corrected chi connectivity index (χ0v) is 16.3. The summed E-state index contributed by atoms with van der Waals surface area (Å²) in [5, 5.41) is 15.8. The van der Waals surface area contributed by atoms with Gasteiger partial charge >= 0.3 is 0 Å². The Hall–Kier alpha value is -3.98. The number of thiophene rings is 1. The molecule has 4 aromatic heterocycles. The van der Waals surface area contributed by atoms with Crippen LogP contribution in [0, 0.1) is 0 Å². The number of rotatable bonds is 6. The highest BCUT2D eigenvalue weighted by atomic mass is 32.1. The number of H-pyrrole nitrogens is 1. The Morgan fingerprint density at radius 2 is 2.07 bits per heavy atom. The van der Waals surface area contributed by atoms with Crippen LogP contribution in [-0.2, 0) is 6.42 Å². The maximum absolute atomic E-state index is 12.7. The number of amides is 1. The minimum absolute atomic E-state index is 0.258. The molecule has 4 heterocycles. The highest BCUT2D eigenvalue weighted by molar-refractivity contribution is 7.13. The van der Waals surface area contributed by atoms with E-state index in [-0.39, 0.29) is 11.6 Å². The van der Waals surface area contributed by atoms with Crippen LogP contribution < -0.4 is 5.32 Å². The summed E-state index contributed by atoms with van der Waals surface area (Å²) in [6.45, 7) is 0. The number of aromatic nitrogens is 4. The number of furan rings is 1. The molecule has 0 aliphatic heterocycles. The zero-order valence-electron chi connectivity index (χ0n) is 15.5. The number of carbonyl (C=O) groups excluding carboxylic acids is 1. The largest absolute Gasteiger partial charge is 0.463 e. The van der Waals surface area contributed by atoms with Gasteiger partial charge in [-0.15, -0.1) is 11.3 Å². The van der Waals surface area contributed by atoms with Gasteiger partial charge in [0.25, 0.3) is 5.91 Å². The van der Waals surface area contributed by atoms with Gasteiger partial charge < -0.3 is 14.3 Å². The minimum atomic E-state index is -0.332. The Kier molecular flexibility index (Phi) is 4.70. The van der Waals surface area contributed by atoms with E-state index in [9.17, 15) is 4.79 Å². The lowest BCUT2D eigenvalue weighted by molar-refractivity contribution is 0.102. The van der Waals surface area contributed by atoms with Crippen molar-refractivity contribution < 1.29 is 13.7 Å². The van der Waals surface area contributed by atoms with Crippen LogP contribution in [0.3, 0.4) is 0 Å². The van der Waals surface area contributed by atoms with Gasteiger partial charge in [-0.1, -0.05) is 29.4 Å². The number of carbonyl (C=O) groups is 1. The fraction of sp³-hybridized carbons (Fsp3) is 0.0476. The third kappa shape index (κ3) is 3.65. The van der Waals surface area contributed by atoms with Gasteiger partial charge in [0.05, 0.1) is 17.6 Å². The number of aromatic amines is 1. The van der Waals surface area contributed by atoms with Crippen molar-refractivity contribution in [2.45, 2.75) is 6.42 Å². The Morgan fingerprint density at radius 1 is 1.13 bits per heavy atom. The Morgan fingerprint density at radius 3 is 2.90 bits per heavy atom. The summed E-state index contributed by atoms with van der Waals surface area (Å²) in [5.74, 6) is 1.31. The quantitative estimate of drug-likeness (QED) is 0.417. The number of hydrogen-bond acceptors (Lipinski definition) is 7. The average Bonchev–Trinajstić information content (AvgIpc) is 3.56. The molecule has 0 spiro atoms. The Balaban J connectivity index is 1.33. The predicted octanol–water partition coefficient (Wildman–Crippen LogP) is 4.62. The van der Waals surface area contributed by atoms with Gasteiger partial charge in [-0.3, -0.25) is 9.89 Å². The third-order valence-corrected chi connectivity index (χ3v) is 5.28. The van der Waals surface area contributed by atoms with Gasteiger partial charge in [0.15, 0.2) is 11.5 Å². The van der Waals surface area contributed by atoms with Gasteiger partial charge in [0.2, 0.25) is 11.7 Å². The molecule has 9 heteroatoms. The lowest BCUT2D eigenvalue weighted by atomic mass is 10.1. The van der Waals surface area contributed by atoms with Crippen LogP contribution in [-0.4, -0.2) is 26.2 Å². The fourth-order valence-electron chi connectivity index (χ4n) is 2.97. The van der Waals surface area contributed by atoms with Crippen molar-refractivity contribution in [2.24, 2.45) is 0 Å². The van der Waals surface area contributed by atoms with Crippen molar-refractivity contribution >= 4 is 22.9 Å². The molecule has 0 saturated heterocycles. The van der Waals surface area contributed by atoms with Crippen molar-refractivity contribution in [3.8, 4) is 22.2 Å². The van der Waals surface area contributed by atoms with Crippen LogP contribution in [0.15, 0.2) is 75.2 Å². The van der Waals surface area contributed by atoms with Crippen LogP contribution >= 0.6 is 11.3 Å². The summed E-state index contributed by atoms with van der Waals surface area (Å²) >= 11 is 1.55. The molecule has 0 fully saturated rings. The first-order chi connectivity index (χ1) is 14.8. The Bertz CT molecular complexity index is 1270. The standard InChI is InChI=1S/C21H15N5O3S/c27-21(16-12-15(24-25-16)17-7-3-9-28-17)22-14-6-2-1-5-13(14)11-19-23-20(26-29-19)18-8-4-10-30-18/h1-10,12H,11H2,(H,22,27)(H,24,25). The van der Waals surface area contributed by atoms with Crippen LogP contribution in [0.2, 0.25) is 0 Å². The van der Waals surface area contributed by atoms with Crippen molar-refractivity contribution in [3.05, 3.63) is 83.4 Å². The minimum Gasteiger partial charge on any atom is -0.463 e. The van der Waals surface area contributed by atoms with Crippen molar-refractivity contribution in [3.63, 3.8) is 0 Å². The molecule has 148 valence electrons. The van der Waals surface area contributed by atoms with Crippen LogP contribution in [0.4, 0.5) is 5.69 Å². The first kappa shape index (κ1) is 18.1. The molecule has 0 unspecified atom stereocenters. The number of nitrogens with zero attached hydrogens (tertiary/aromatic N) is 3. The van der Waals surface area contributed by atoms with Gasteiger partial charge in [-0.2, -0.15) is 10.1 Å². The van der Waals surface area contributed by atoms with E-state index in [1.165, 1.54) is 0 Å². The second kappa shape index (κ2) is 7.80. The maximum atomic E-state index is 12.7. The van der Waals surface area contributed by atoms with E-state index >= 15 is 0 Å². The molecule has 0 aliphatic rings. The highest BCUT2D eigenvalue weighted by Crippen LogP contribution is 2.24. The average molecular weight is 417 g/mol. The predicted molar refractivity (Wildman–Crippen MR) is 111 cm³/mol. The lowest BCUT2D eigenvalue weighted by Gasteiger charge is -2.08. The second-order valence-corrected chi connectivity index (χ2v) is 7.37. The summed E-state index contributed by atoms with van der Waals surface area (Å²) in [7, 11) is 0. The molecular weight excluding hydrogens is 402 g/mol. The van der Waals surface area contributed by atoms with Crippen LogP contribution in [0.5, 0.6) is 0 Å². The van der Waals surface area contributed by atoms with E-state index in [4.69, 9.17) is 8.94 Å². The van der Waals surface area contributed by atoms with E-state index in [1.807, 2.05) is 41.8 Å². The maximum Gasteiger partial charge on any atom is 0.276 e. The summed E-state index contributed by atoms with van der Waals surface area (Å²) in [6, 6.07) is 16.6. The molecule has 0 radical (unpaired) electrons. The molecular formula is C21H15N5O3S. The molecule has 30 heavy (non-hydrogen) atoms. The smallest absolute Gasteiger partial charge is 0.276 e. The normalized spacial score (nSPS) is 10.9. The molecule has 0 aliphatic carbocycles. The zero-order chi connectivity index (χ0) is 20.3. The molecule has 0 saturated carbocycles. The third-order valence-electron chi connectivity index (χ3n) is 4.41.